The van der Waals surface area contributed by atoms with Crippen LogP contribution in [0.25, 0.3) is 0 Å². The number of rotatable bonds is 4. The van der Waals surface area contributed by atoms with Crippen LogP contribution in [0.3, 0.4) is 0 Å². The Hall–Kier alpha value is -2.02. The zero-order chi connectivity index (χ0) is 15.6. The highest BCUT2D eigenvalue weighted by molar-refractivity contribution is 9.10. The summed E-state index contributed by atoms with van der Waals surface area (Å²) in [4.78, 5) is 9.79. The second-order valence-electron chi connectivity index (χ2n) is 4.47. The number of anilines is 1. The van der Waals surface area contributed by atoms with Gasteiger partial charge in [0.05, 0.1) is 4.92 Å². The first-order valence-corrected chi connectivity index (χ1v) is 6.80. The topological polar surface area (TPSA) is 55.2 Å². The molecule has 0 saturated heterocycles. The summed E-state index contributed by atoms with van der Waals surface area (Å²) in [6.07, 6.45) is 0. The predicted molar refractivity (Wildman–Crippen MR) is 79.2 cm³/mol. The smallest absolute Gasteiger partial charge is 0.305 e. The summed E-state index contributed by atoms with van der Waals surface area (Å²) in [6, 6.07) is 6.90. The van der Waals surface area contributed by atoms with Crippen molar-refractivity contribution in [3.8, 4) is 0 Å². The molecular weight excluding hydrogens is 346 g/mol. The molecule has 2 aromatic rings. The Bertz CT molecular complexity index is 708. The molecule has 2 rings (SSSR count). The summed E-state index contributed by atoms with van der Waals surface area (Å²) in [5.74, 6) is -2.00. The van der Waals surface area contributed by atoms with Gasteiger partial charge in [0.25, 0.3) is 0 Å². The van der Waals surface area contributed by atoms with Crippen molar-refractivity contribution < 1.29 is 13.7 Å². The highest BCUT2D eigenvalue weighted by Crippen LogP contribution is 2.24. The van der Waals surface area contributed by atoms with Crippen molar-refractivity contribution in [3.05, 3.63) is 67.7 Å². The van der Waals surface area contributed by atoms with Crippen molar-refractivity contribution in [1.82, 2.24) is 0 Å². The summed E-state index contributed by atoms with van der Waals surface area (Å²) >= 11 is 3.37. The van der Waals surface area contributed by atoms with Crippen molar-refractivity contribution in [2.75, 3.05) is 5.32 Å². The van der Waals surface area contributed by atoms with Crippen LogP contribution >= 0.6 is 15.9 Å². The van der Waals surface area contributed by atoms with Crippen LogP contribution in [0.2, 0.25) is 0 Å². The molecular formula is C14H11BrF2N2O2. The molecule has 0 aliphatic heterocycles. The standard InChI is InChI=1S/C14H11BrF2N2O2/c1-8-4-10(2-3-11(8)15)18-7-9-5-14(19(20)21)13(17)6-12(9)16/h2-6,18H,7H2,1H3. The Morgan fingerprint density at radius 2 is 1.95 bits per heavy atom. The van der Waals surface area contributed by atoms with Crippen LogP contribution in [0.4, 0.5) is 20.2 Å². The van der Waals surface area contributed by atoms with Gasteiger partial charge in [0.1, 0.15) is 5.82 Å². The molecule has 0 bridgehead atoms. The second kappa shape index (κ2) is 6.17. The monoisotopic (exact) mass is 356 g/mol. The van der Waals surface area contributed by atoms with Gasteiger partial charge in [-0.1, -0.05) is 15.9 Å². The zero-order valence-electron chi connectivity index (χ0n) is 11.0. The lowest BCUT2D eigenvalue weighted by molar-refractivity contribution is -0.387. The van der Waals surface area contributed by atoms with Gasteiger partial charge in [0.2, 0.25) is 5.82 Å². The second-order valence-corrected chi connectivity index (χ2v) is 5.32. The van der Waals surface area contributed by atoms with E-state index in [-0.39, 0.29) is 12.1 Å². The van der Waals surface area contributed by atoms with Crippen molar-refractivity contribution in [2.24, 2.45) is 0 Å². The zero-order valence-corrected chi connectivity index (χ0v) is 12.6. The Kier molecular flexibility index (Phi) is 4.52. The van der Waals surface area contributed by atoms with E-state index in [0.29, 0.717) is 6.07 Å². The first-order chi connectivity index (χ1) is 9.88. The lowest BCUT2D eigenvalue weighted by atomic mass is 10.1. The molecule has 7 heteroatoms. The van der Waals surface area contributed by atoms with Crippen molar-refractivity contribution >= 4 is 27.3 Å². The van der Waals surface area contributed by atoms with Crippen molar-refractivity contribution in [1.29, 1.82) is 0 Å². The van der Waals surface area contributed by atoms with Gasteiger partial charge >= 0.3 is 5.69 Å². The van der Waals surface area contributed by atoms with E-state index in [1.54, 1.807) is 6.07 Å². The molecule has 0 atom stereocenters. The highest BCUT2D eigenvalue weighted by Gasteiger charge is 2.18. The number of benzene rings is 2. The fourth-order valence-electron chi connectivity index (χ4n) is 1.81. The average molecular weight is 357 g/mol. The summed E-state index contributed by atoms with van der Waals surface area (Å²) in [5.41, 5.74) is 1.02. The van der Waals surface area contributed by atoms with Gasteiger partial charge in [-0.15, -0.1) is 0 Å². The molecule has 0 aliphatic carbocycles. The maximum absolute atomic E-state index is 13.6. The Morgan fingerprint density at radius 1 is 1.24 bits per heavy atom. The van der Waals surface area contributed by atoms with E-state index >= 15 is 0 Å². The number of aryl methyl sites for hydroxylation is 1. The molecule has 0 aromatic heterocycles. The largest absolute Gasteiger partial charge is 0.381 e. The van der Waals surface area contributed by atoms with Gasteiger partial charge in [-0.05, 0) is 30.7 Å². The summed E-state index contributed by atoms with van der Waals surface area (Å²) in [7, 11) is 0. The van der Waals surface area contributed by atoms with Gasteiger partial charge < -0.3 is 5.32 Å². The van der Waals surface area contributed by atoms with Crippen LogP contribution in [0.5, 0.6) is 0 Å². The lowest BCUT2D eigenvalue weighted by Crippen LogP contribution is -2.04. The van der Waals surface area contributed by atoms with E-state index in [2.05, 4.69) is 21.2 Å². The van der Waals surface area contributed by atoms with Crippen LogP contribution in [0.15, 0.2) is 34.8 Å². The first-order valence-electron chi connectivity index (χ1n) is 6.01. The van der Waals surface area contributed by atoms with Gasteiger partial charge in [0.15, 0.2) is 0 Å². The third-order valence-electron chi connectivity index (χ3n) is 2.95. The van der Waals surface area contributed by atoms with E-state index in [0.717, 1.165) is 21.8 Å². The van der Waals surface area contributed by atoms with Crippen LogP contribution in [-0.2, 0) is 6.54 Å². The number of halogens is 3. The maximum Gasteiger partial charge on any atom is 0.305 e. The van der Waals surface area contributed by atoms with Crippen LogP contribution in [0, 0.1) is 28.7 Å². The molecule has 1 N–H and O–H groups in total. The minimum Gasteiger partial charge on any atom is -0.381 e. The average Bonchev–Trinajstić information content (AvgIpc) is 2.41. The SMILES string of the molecule is Cc1cc(NCc2cc([N+](=O)[O-])c(F)cc2F)ccc1Br. The van der Waals surface area contributed by atoms with Gasteiger partial charge in [-0.3, -0.25) is 10.1 Å². The molecule has 0 aliphatic rings. The van der Waals surface area contributed by atoms with Crippen LogP contribution in [0.1, 0.15) is 11.1 Å². The minimum atomic E-state index is -1.18. The Balaban J connectivity index is 2.21. The van der Waals surface area contributed by atoms with Gasteiger partial charge in [-0.2, -0.15) is 4.39 Å². The number of hydrogen-bond donors (Lipinski definition) is 1. The summed E-state index contributed by atoms with van der Waals surface area (Å²) < 4.78 is 27.8. The van der Waals surface area contributed by atoms with Crippen LogP contribution < -0.4 is 5.32 Å². The molecule has 0 radical (unpaired) electrons. The number of nitrogens with one attached hydrogen (secondary N) is 1. The van der Waals surface area contributed by atoms with E-state index < -0.39 is 22.2 Å². The molecule has 0 fully saturated rings. The molecule has 2 aromatic carbocycles. The third-order valence-corrected chi connectivity index (χ3v) is 3.84. The number of nitro groups is 1. The molecule has 21 heavy (non-hydrogen) atoms. The predicted octanol–water partition coefficient (Wildman–Crippen LogP) is 4.56. The van der Waals surface area contributed by atoms with E-state index in [1.807, 2.05) is 19.1 Å². The fourth-order valence-corrected chi connectivity index (χ4v) is 2.05. The summed E-state index contributed by atoms with van der Waals surface area (Å²) in [5, 5.41) is 13.6. The fraction of sp³-hybridized carbons (Fsp3) is 0.143. The number of hydrogen-bond acceptors (Lipinski definition) is 3. The Morgan fingerprint density at radius 3 is 2.57 bits per heavy atom. The quantitative estimate of drug-likeness (QED) is 0.645. The number of nitrogens with zero attached hydrogens (tertiary/aromatic N) is 1. The van der Waals surface area contributed by atoms with E-state index in [4.69, 9.17) is 0 Å². The third kappa shape index (κ3) is 3.55. The molecule has 0 heterocycles. The maximum atomic E-state index is 13.6. The molecule has 0 spiro atoms. The highest BCUT2D eigenvalue weighted by atomic mass is 79.9. The Labute approximate surface area is 128 Å². The normalized spacial score (nSPS) is 10.5. The molecule has 4 nitrogen and oxygen atoms in total. The minimum absolute atomic E-state index is 0.0219. The summed E-state index contributed by atoms with van der Waals surface area (Å²) in [6.45, 7) is 1.92. The van der Waals surface area contributed by atoms with Gasteiger partial charge in [-0.25, -0.2) is 4.39 Å². The van der Waals surface area contributed by atoms with Gasteiger partial charge in [0, 0.05) is 34.4 Å². The van der Waals surface area contributed by atoms with Crippen molar-refractivity contribution in [2.45, 2.75) is 13.5 Å². The van der Waals surface area contributed by atoms with E-state index in [9.17, 15) is 18.9 Å². The lowest BCUT2D eigenvalue weighted by Gasteiger charge is -2.09. The van der Waals surface area contributed by atoms with Crippen LogP contribution in [-0.4, -0.2) is 4.92 Å². The van der Waals surface area contributed by atoms with Crippen molar-refractivity contribution in [3.63, 3.8) is 0 Å². The molecule has 110 valence electrons. The van der Waals surface area contributed by atoms with E-state index in [1.165, 1.54) is 0 Å². The number of nitro benzene ring substituents is 1. The molecule has 0 amide bonds. The molecule has 0 unspecified atom stereocenters. The molecule has 0 saturated carbocycles. The first kappa shape index (κ1) is 15.4.